The molecule has 84 valence electrons. The van der Waals surface area contributed by atoms with E-state index in [0.29, 0.717) is 13.0 Å². The predicted molar refractivity (Wildman–Crippen MR) is 63.8 cm³/mol. The van der Waals surface area contributed by atoms with Gasteiger partial charge in [0.1, 0.15) is 5.75 Å². The van der Waals surface area contributed by atoms with Crippen LogP contribution >= 0.6 is 11.8 Å². The van der Waals surface area contributed by atoms with Gasteiger partial charge in [-0.05, 0) is 12.1 Å². The van der Waals surface area contributed by atoms with E-state index in [9.17, 15) is 4.79 Å². The maximum Gasteiger partial charge on any atom is 0.239 e. The van der Waals surface area contributed by atoms with Gasteiger partial charge in [-0.1, -0.05) is 30.0 Å². The summed E-state index contributed by atoms with van der Waals surface area (Å²) in [5.41, 5.74) is 0. The van der Waals surface area contributed by atoms with E-state index in [1.807, 2.05) is 30.3 Å². The lowest BCUT2D eigenvalue weighted by Crippen LogP contribution is -2.25. The molecule has 1 aromatic carbocycles. The van der Waals surface area contributed by atoms with E-state index in [1.54, 1.807) is 0 Å². The van der Waals surface area contributed by atoms with Crippen LogP contribution in [0, 0.1) is 5.41 Å². The van der Waals surface area contributed by atoms with Gasteiger partial charge in [0.2, 0.25) is 5.91 Å². The SMILES string of the molecule is N=C1NC(=O)C(CCOc2ccccc2)S1. The van der Waals surface area contributed by atoms with Crippen molar-refractivity contribution in [1.82, 2.24) is 5.32 Å². The maximum atomic E-state index is 11.3. The molecule has 1 aromatic rings. The van der Waals surface area contributed by atoms with Gasteiger partial charge in [-0.3, -0.25) is 10.2 Å². The lowest BCUT2D eigenvalue weighted by Gasteiger charge is -2.07. The van der Waals surface area contributed by atoms with Crippen molar-refractivity contribution in [3.8, 4) is 5.75 Å². The predicted octanol–water partition coefficient (Wildman–Crippen LogP) is 1.62. The monoisotopic (exact) mass is 236 g/mol. The number of amides is 1. The molecule has 1 unspecified atom stereocenters. The Kier molecular flexibility index (Phi) is 3.46. The van der Waals surface area contributed by atoms with Crippen molar-refractivity contribution in [3.05, 3.63) is 30.3 Å². The fourth-order valence-corrected chi connectivity index (χ4v) is 2.23. The summed E-state index contributed by atoms with van der Waals surface area (Å²) in [5, 5.41) is 9.81. The van der Waals surface area contributed by atoms with Crippen LogP contribution in [0.5, 0.6) is 5.75 Å². The third-order valence-corrected chi connectivity index (χ3v) is 3.25. The molecular weight excluding hydrogens is 224 g/mol. The van der Waals surface area contributed by atoms with Gasteiger partial charge in [0.25, 0.3) is 0 Å². The number of amidine groups is 1. The summed E-state index contributed by atoms with van der Waals surface area (Å²) >= 11 is 1.25. The third kappa shape index (κ3) is 2.76. The highest BCUT2D eigenvalue weighted by Crippen LogP contribution is 2.21. The Bertz CT molecular complexity index is 394. The minimum Gasteiger partial charge on any atom is -0.494 e. The van der Waals surface area contributed by atoms with Gasteiger partial charge in [-0.2, -0.15) is 0 Å². The summed E-state index contributed by atoms with van der Waals surface area (Å²) in [5.74, 6) is 0.715. The van der Waals surface area contributed by atoms with E-state index in [0.717, 1.165) is 5.75 Å². The second-order valence-corrected chi connectivity index (χ2v) is 4.59. The molecule has 16 heavy (non-hydrogen) atoms. The number of hydrogen-bond donors (Lipinski definition) is 2. The smallest absolute Gasteiger partial charge is 0.239 e. The van der Waals surface area contributed by atoms with Crippen molar-refractivity contribution in [2.75, 3.05) is 6.61 Å². The molecule has 5 heteroatoms. The molecule has 2 N–H and O–H groups in total. The van der Waals surface area contributed by atoms with Gasteiger partial charge in [0, 0.05) is 6.42 Å². The second-order valence-electron chi connectivity index (χ2n) is 3.38. The molecule has 1 fully saturated rings. The summed E-state index contributed by atoms with van der Waals surface area (Å²) in [4.78, 5) is 11.3. The molecule has 1 amide bonds. The summed E-state index contributed by atoms with van der Waals surface area (Å²) in [6.07, 6.45) is 0.619. The Hall–Kier alpha value is -1.49. The number of rotatable bonds is 4. The molecular formula is C11H12N2O2S. The van der Waals surface area contributed by atoms with Crippen molar-refractivity contribution >= 4 is 22.8 Å². The lowest BCUT2D eigenvalue weighted by molar-refractivity contribution is -0.119. The van der Waals surface area contributed by atoms with Gasteiger partial charge in [0.15, 0.2) is 5.17 Å². The zero-order valence-electron chi connectivity index (χ0n) is 8.60. The Labute approximate surface area is 97.9 Å². The van der Waals surface area contributed by atoms with E-state index in [1.165, 1.54) is 11.8 Å². The molecule has 0 aliphatic carbocycles. The van der Waals surface area contributed by atoms with Crippen LogP contribution < -0.4 is 10.1 Å². The van der Waals surface area contributed by atoms with Crippen molar-refractivity contribution < 1.29 is 9.53 Å². The number of nitrogens with one attached hydrogen (secondary N) is 2. The van der Waals surface area contributed by atoms with Crippen molar-refractivity contribution in [2.45, 2.75) is 11.7 Å². The Morgan fingerprint density at radius 1 is 1.38 bits per heavy atom. The number of para-hydroxylation sites is 1. The molecule has 0 bridgehead atoms. The zero-order valence-corrected chi connectivity index (χ0v) is 9.42. The minimum atomic E-state index is -0.184. The van der Waals surface area contributed by atoms with E-state index < -0.39 is 0 Å². The normalized spacial score (nSPS) is 19.6. The zero-order chi connectivity index (χ0) is 11.4. The maximum absolute atomic E-state index is 11.3. The van der Waals surface area contributed by atoms with Crippen LogP contribution in [0.4, 0.5) is 0 Å². The van der Waals surface area contributed by atoms with Gasteiger partial charge in [0.05, 0.1) is 11.9 Å². The van der Waals surface area contributed by atoms with Crippen LogP contribution in [0.3, 0.4) is 0 Å². The average Bonchev–Trinajstić information content (AvgIpc) is 2.59. The van der Waals surface area contributed by atoms with E-state index in [4.69, 9.17) is 10.1 Å². The Balaban J connectivity index is 1.76. The molecule has 2 rings (SSSR count). The standard InChI is InChI=1S/C11H12N2O2S/c12-11-13-10(14)9(16-11)6-7-15-8-4-2-1-3-5-8/h1-5,9H,6-7H2,(H2,12,13,14). The van der Waals surface area contributed by atoms with Crippen LogP contribution in [0.2, 0.25) is 0 Å². The number of ether oxygens (including phenoxy) is 1. The van der Waals surface area contributed by atoms with Gasteiger partial charge in [-0.25, -0.2) is 0 Å². The van der Waals surface area contributed by atoms with Crippen LogP contribution in [0.25, 0.3) is 0 Å². The number of hydrogen-bond acceptors (Lipinski definition) is 4. The molecule has 1 aliphatic heterocycles. The highest BCUT2D eigenvalue weighted by molar-refractivity contribution is 8.15. The van der Waals surface area contributed by atoms with Crippen molar-refractivity contribution in [3.63, 3.8) is 0 Å². The van der Waals surface area contributed by atoms with Crippen LogP contribution in [-0.4, -0.2) is 22.9 Å². The Morgan fingerprint density at radius 3 is 2.75 bits per heavy atom. The number of carbonyl (C=O) groups is 1. The molecule has 1 heterocycles. The summed E-state index contributed by atoms with van der Waals surface area (Å²) < 4.78 is 5.49. The molecule has 1 aliphatic rings. The fourth-order valence-electron chi connectivity index (χ4n) is 1.41. The topological polar surface area (TPSA) is 62.2 Å². The molecule has 0 aromatic heterocycles. The van der Waals surface area contributed by atoms with Crippen LogP contribution in [-0.2, 0) is 4.79 Å². The van der Waals surface area contributed by atoms with Gasteiger partial charge >= 0.3 is 0 Å². The van der Waals surface area contributed by atoms with Crippen molar-refractivity contribution in [1.29, 1.82) is 5.41 Å². The largest absolute Gasteiger partial charge is 0.494 e. The first kappa shape index (κ1) is 11.0. The number of benzene rings is 1. The second kappa shape index (κ2) is 5.03. The van der Waals surface area contributed by atoms with Gasteiger partial charge in [-0.15, -0.1) is 0 Å². The molecule has 0 spiro atoms. The number of carbonyl (C=O) groups excluding carboxylic acids is 1. The first-order valence-corrected chi connectivity index (χ1v) is 5.87. The lowest BCUT2D eigenvalue weighted by atomic mass is 10.3. The van der Waals surface area contributed by atoms with E-state index in [-0.39, 0.29) is 16.3 Å². The van der Waals surface area contributed by atoms with Gasteiger partial charge < -0.3 is 10.1 Å². The molecule has 1 atom stereocenters. The third-order valence-electron chi connectivity index (χ3n) is 2.18. The minimum absolute atomic E-state index is 0.0911. The highest BCUT2D eigenvalue weighted by atomic mass is 32.2. The first-order valence-electron chi connectivity index (χ1n) is 4.99. The van der Waals surface area contributed by atoms with Crippen molar-refractivity contribution in [2.24, 2.45) is 0 Å². The number of thioether (sulfide) groups is 1. The first-order chi connectivity index (χ1) is 7.75. The van der Waals surface area contributed by atoms with E-state index in [2.05, 4.69) is 5.32 Å². The summed E-state index contributed by atoms with van der Waals surface area (Å²) in [7, 11) is 0. The summed E-state index contributed by atoms with van der Waals surface area (Å²) in [6.45, 7) is 0.488. The Morgan fingerprint density at radius 2 is 2.12 bits per heavy atom. The summed E-state index contributed by atoms with van der Waals surface area (Å²) in [6, 6.07) is 9.49. The average molecular weight is 236 g/mol. The molecule has 4 nitrogen and oxygen atoms in total. The quantitative estimate of drug-likeness (QED) is 0.835. The highest BCUT2D eigenvalue weighted by Gasteiger charge is 2.28. The molecule has 0 saturated carbocycles. The van der Waals surface area contributed by atoms with Crippen LogP contribution in [0.15, 0.2) is 30.3 Å². The van der Waals surface area contributed by atoms with E-state index >= 15 is 0 Å². The fraction of sp³-hybridized carbons (Fsp3) is 0.273. The molecule has 0 radical (unpaired) electrons. The molecule has 1 saturated heterocycles. The van der Waals surface area contributed by atoms with Crippen LogP contribution in [0.1, 0.15) is 6.42 Å².